The molecule has 0 saturated heterocycles. The lowest BCUT2D eigenvalue weighted by atomic mass is 10.0. The lowest BCUT2D eigenvalue weighted by Gasteiger charge is -2.20. The molecular weight excluding hydrogens is 427 g/mol. The van der Waals surface area contributed by atoms with Crippen molar-refractivity contribution in [3.63, 3.8) is 0 Å². The maximum atomic E-state index is 8.35. The number of hydrogen-bond acceptors (Lipinski definition) is 5. The maximum Gasteiger partial charge on any atom is 0.298 e. The summed E-state index contributed by atoms with van der Waals surface area (Å²) in [5.41, 5.74) is 3.81. The van der Waals surface area contributed by atoms with Crippen LogP contribution in [-0.4, -0.2) is 33.7 Å². The van der Waals surface area contributed by atoms with Gasteiger partial charge in [0.25, 0.3) is 5.19 Å². The summed E-state index contributed by atoms with van der Waals surface area (Å²) in [6.45, 7) is 6.76. The van der Waals surface area contributed by atoms with Crippen molar-refractivity contribution in [1.29, 1.82) is 5.41 Å². The molecule has 0 aliphatic rings. The Morgan fingerprint density at radius 3 is 2.59 bits per heavy atom. The molecular formula is C21H22Cl2N4OS. The Morgan fingerprint density at radius 2 is 1.90 bits per heavy atom. The first kappa shape index (κ1) is 21.6. The standard InChI is InChI=1S/C21H22Cl2N4OS/c1-5-27(4)20(24)15-8-13(3)18(9-12(15)2)28-21-25-19(26-29-21)11-14-6-7-16(22)17(23)10-14/h6-10,24H,5,11H2,1-4H3. The summed E-state index contributed by atoms with van der Waals surface area (Å²) >= 11 is 13.3. The minimum absolute atomic E-state index is 0.482. The van der Waals surface area contributed by atoms with Gasteiger partial charge in [0.1, 0.15) is 11.6 Å². The summed E-state index contributed by atoms with van der Waals surface area (Å²) in [5, 5.41) is 9.87. The fourth-order valence-corrected chi connectivity index (χ4v) is 3.68. The molecule has 29 heavy (non-hydrogen) atoms. The summed E-state index contributed by atoms with van der Waals surface area (Å²) in [6.07, 6.45) is 0.550. The van der Waals surface area contributed by atoms with Crippen LogP contribution in [0.3, 0.4) is 0 Å². The SMILES string of the molecule is CCN(C)C(=N)c1cc(C)c(Oc2nc(Cc3ccc(Cl)c(Cl)c3)ns2)cc1C. The number of hydrogen-bond donors (Lipinski definition) is 1. The third-order valence-electron chi connectivity index (χ3n) is 4.63. The number of ether oxygens (including phenoxy) is 1. The van der Waals surface area contributed by atoms with E-state index in [4.69, 9.17) is 33.3 Å². The van der Waals surface area contributed by atoms with Crippen molar-refractivity contribution in [2.45, 2.75) is 27.2 Å². The quantitative estimate of drug-likeness (QED) is 0.364. The van der Waals surface area contributed by atoms with Crippen molar-refractivity contribution in [2.24, 2.45) is 0 Å². The van der Waals surface area contributed by atoms with Gasteiger partial charge in [-0.2, -0.15) is 9.36 Å². The first-order valence-electron chi connectivity index (χ1n) is 9.14. The lowest BCUT2D eigenvalue weighted by Crippen LogP contribution is -2.27. The van der Waals surface area contributed by atoms with Gasteiger partial charge in [-0.15, -0.1) is 0 Å². The molecule has 0 radical (unpaired) electrons. The van der Waals surface area contributed by atoms with E-state index in [-0.39, 0.29) is 0 Å². The molecule has 8 heteroatoms. The van der Waals surface area contributed by atoms with Crippen LogP contribution in [0.25, 0.3) is 0 Å². The molecule has 1 aromatic heterocycles. The highest BCUT2D eigenvalue weighted by molar-refractivity contribution is 7.07. The zero-order valence-electron chi connectivity index (χ0n) is 16.7. The Hall–Kier alpha value is -2.15. The molecule has 0 bridgehead atoms. The second-order valence-corrected chi connectivity index (χ2v) is 8.33. The van der Waals surface area contributed by atoms with Crippen LogP contribution in [0.15, 0.2) is 30.3 Å². The van der Waals surface area contributed by atoms with Crippen LogP contribution < -0.4 is 4.74 Å². The Balaban J connectivity index is 1.76. The number of amidine groups is 1. The largest absolute Gasteiger partial charge is 0.430 e. The first-order chi connectivity index (χ1) is 13.8. The molecule has 0 unspecified atom stereocenters. The number of halogens is 2. The summed E-state index contributed by atoms with van der Waals surface area (Å²) in [7, 11) is 1.91. The Morgan fingerprint density at radius 1 is 1.14 bits per heavy atom. The van der Waals surface area contributed by atoms with Gasteiger partial charge in [0.15, 0.2) is 5.82 Å². The Labute approximate surface area is 184 Å². The average Bonchev–Trinajstić information content (AvgIpc) is 3.13. The van der Waals surface area contributed by atoms with E-state index in [1.165, 1.54) is 11.5 Å². The highest BCUT2D eigenvalue weighted by Gasteiger charge is 2.14. The van der Waals surface area contributed by atoms with Gasteiger partial charge >= 0.3 is 0 Å². The number of aryl methyl sites for hydroxylation is 2. The lowest BCUT2D eigenvalue weighted by molar-refractivity contribution is 0.473. The summed E-state index contributed by atoms with van der Waals surface area (Å²) in [4.78, 5) is 6.39. The van der Waals surface area contributed by atoms with Crippen molar-refractivity contribution < 1.29 is 4.74 Å². The van der Waals surface area contributed by atoms with Crippen molar-refractivity contribution >= 4 is 40.6 Å². The highest BCUT2D eigenvalue weighted by atomic mass is 35.5. The predicted molar refractivity (Wildman–Crippen MR) is 120 cm³/mol. The van der Waals surface area contributed by atoms with E-state index in [1.54, 1.807) is 6.07 Å². The first-order valence-corrected chi connectivity index (χ1v) is 10.7. The molecule has 2 aromatic carbocycles. The zero-order chi connectivity index (χ0) is 21.1. The topological polar surface area (TPSA) is 62.1 Å². The molecule has 0 aliphatic heterocycles. The van der Waals surface area contributed by atoms with Gasteiger partial charge in [0, 0.05) is 37.1 Å². The minimum Gasteiger partial charge on any atom is -0.430 e. The van der Waals surface area contributed by atoms with E-state index in [2.05, 4.69) is 9.36 Å². The Kier molecular flexibility index (Phi) is 6.77. The highest BCUT2D eigenvalue weighted by Crippen LogP contribution is 2.30. The normalized spacial score (nSPS) is 10.8. The summed E-state index contributed by atoms with van der Waals surface area (Å²) < 4.78 is 10.4. The van der Waals surface area contributed by atoms with Gasteiger partial charge in [-0.25, -0.2) is 0 Å². The zero-order valence-corrected chi connectivity index (χ0v) is 19.0. The van der Waals surface area contributed by atoms with Crippen molar-refractivity contribution in [3.8, 4) is 10.9 Å². The Bertz CT molecular complexity index is 1050. The number of nitrogens with zero attached hydrogens (tertiary/aromatic N) is 3. The molecule has 1 N–H and O–H groups in total. The summed E-state index contributed by atoms with van der Waals surface area (Å²) in [6, 6.07) is 9.42. The van der Waals surface area contributed by atoms with E-state index in [1.807, 2.05) is 57.0 Å². The van der Waals surface area contributed by atoms with Gasteiger partial charge in [0.05, 0.1) is 10.0 Å². The van der Waals surface area contributed by atoms with E-state index >= 15 is 0 Å². The van der Waals surface area contributed by atoms with Crippen molar-refractivity contribution in [1.82, 2.24) is 14.3 Å². The smallest absolute Gasteiger partial charge is 0.298 e. The molecule has 0 fully saturated rings. The second-order valence-electron chi connectivity index (χ2n) is 6.80. The number of benzene rings is 2. The third kappa shape index (κ3) is 5.07. The number of rotatable bonds is 6. The molecule has 3 rings (SSSR count). The number of nitrogens with one attached hydrogen (secondary N) is 1. The van der Waals surface area contributed by atoms with E-state index in [0.29, 0.717) is 33.3 Å². The van der Waals surface area contributed by atoms with Crippen LogP contribution in [0.1, 0.15) is 35.0 Å². The van der Waals surface area contributed by atoms with Gasteiger partial charge in [-0.1, -0.05) is 29.3 Å². The fraction of sp³-hybridized carbons (Fsp3) is 0.286. The van der Waals surface area contributed by atoms with Crippen molar-refractivity contribution in [2.75, 3.05) is 13.6 Å². The molecule has 0 aliphatic carbocycles. The molecule has 0 saturated carbocycles. The van der Waals surface area contributed by atoms with Crippen LogP contribution in [0.4, 0.5) is 0 Å². The third-order valence-corrected chi connectivity index (χ3v) is 6.00. The van der Waals surface area contributed by atoms with E-state index in [0.717, 1.165) is 34.5 Å². The fourth-order valence-electron chi connectivity index (χ4n) is 2.80. The molecule has 152 valence electrons. The molecule has 5 nitrogen and oxygen atoms in total. The molecule has 0 amide bonds. The van der Waals surface area contributed by atoms with Crippen molar-refractivity contribution in [3.05, 3.63) is 68.5 Å². The van der Waals surface area contributed by atoms with E-state index < -0.39 is 0 Å². The van der Waals surface area contributed by atoms with Crippen LogP contribution in [0.2, 0.25) is 10.0 Å². The maximum absolute atomic E-state index is 8.35. The van der Waals surface area contributed by atoms with Crippen LogP contribution >= 0.6 is 34.7 Å². The molecule has 0 spiro atoms. The van der Waals surface area contributed by atoms with E-state index in [9.17, 15) is 0 Å². The molecule has 0 atom stereocenters. The van der Waals surface area contributed by atoms with Crippen LogP contribution in [0.5, 0.6) is 10.9 Å². The average molecular weight is 449 g/mol. The van der Waals surface area contributed by atoms with Gasteiger partial charge < -0.3 is 9.64 Å². The van der Waals surface area contributed by atoms with Crippen LogP contribution in [-0.2, 0) is 6.42 Å². The monoisotopic (exact) mass is 448 g/mol. The number of aromatic nitrogens is 2. The van der Waals surface area contributed by atoms with Gasteiger partial charge in [-0.3, -0.25) is 5.41 Å². The van der Waals surface area contributed by atoms with Gasteiger partial charge in [0.2, 0.25) is 0 Å². The summed E-state index contributed by atoms with van der Waals surface area (Å²) in [5.74, 6) is 1.88. The molecule has 3 aromatic rings. The van der Waals surface area contributed by atoms with Gasteiger partial charge in [-0.05, 0) is 61.7 Å². The molecule has 1 heterocycles. The second kappa shape index (κ2) is 9.11. The minimum atomic E-state index is 0.482. The predicted octanol–water partition coefficient (Wildman–Crippen LogP) is 6.12. The van der Waals surface area contributed by atoms with Crippen LogP contribution in [0, 0.1) is 19.3 Å².